The van der Waals surface area contributed by atoms with E-state index in [-0.39, 0.29) is 5.78 Å². The van der Waals surface area contributed by atoms with E-state index in [0.29, 0.717) is 11.3 Å². The van der Waals surface area contributed by atoms with Gasteiger partial charge in [0.25, 0.3) is 0 Å². The fraction of sp³-hybridized carbons (Fsp3) is 0. The summed E-state index contributed by atoms with van der Waals surface area (Å²) in [4.78, 5) is 13.1. The lowest BCUT2D eigenvalue weighted by atomic mass is 10.0. The van der Waals surface area contributed by atoms with Crippen LogP contribution in [-0.4, -0.2) is 15.6 Å². The molecule has 0 bridgehead atoms. The van der Waals surface area contributed by atoms with Crippen LogP contribution < -0.4 is 0 Å². The van der Waals surface area contributed by atoms with Crippen molar-refractivity contribution in [3.05, 3.63) is 96.2 Å². The summed E-state index contributed by atoms with van der Waals surface area (Å²) in [5, 5.41) is 5.49. The molecule has 0 amide bonds. The van der Waals surface area contributed by atoms with Crippen molar-refractivity contribution in [1.29, 1.82) is 0 Å². The highest BCUT2D eigenvalue weighted by Gasteiger charge is 2.20. The molecule has 0 radical (unpaired) electrons. The maximum Gasteiger partial charge on any atom is 0.212 e. The summed E-state index contributed by atoms with van der Waals surface area (Å²) in [5.74, 6) is -0.0249. The number of benzene rings is 3. The molecular weight excluding hydrogens is 284 g/mol. The van der Waals surface area contributed by atoms with Gasteiger partial charge < -0.3 is 0 Å². The Hall–Kier alpha value is -3.20. The first kappa shape index (κ1) is 13.5. The molecule has 1 aromatic heterocycles. The Bertz CT molecular complexity index is 972. The van der Waals surface area contributed by atoms with Crippen LogP contribution in [0.1, 0.15) is 16.1 Å². The SMILES string of the molecule is O=C(c1ccccc1)c1c2ccccc2nn1-c1ccccc1. The molecule has 0 atom stereocenters. The Morgan fingerprint density at radius 3 is 2.09 bits per heavy atom. The van der Waals surface area contributed by atoms with Gasteiger partial charge in [-0.15, -0.1) is 0 Å². The van der Waals surface area contributed by atoms with Crippen LogP contribution in [0.5, 0.6) is 0 Å². The van der Waals surface area contributed by atoms with Gasteiger partial charge in [-0.25, -0.2) is 4.68 Å². The Labute approximate surface area is 133 Å². The summed E-state index contributed by atoms with van der Waals surface area (Å²) in [6, 6.07) is 26.8. The van der Waals surface area contributed by atoms with Gasteiger partial charge in [0, 0.05) is 10.9 Å². The molecule has 110 valence electrons. The summed E-state index contributed by atoms with van der Waals surface area (Å²) >= 11 is 0. The van der Waals surface area contributed by atoms with Crippen molar-refractivity contribution in [3.8, 4) is 5.69 Å². The highest BCUT2D eigenvalue weighted by molar-refractivity contribution is 6.15. The van der Waals surface area contributed by atoms with E-state index in [0.717, 1.165) is 16.6 Å². The van der Waals surface area contributed by atoms with Crippen LogP contribution in [0.2, 0.25) is 0 Å². The van der Waals surface area contributed by atoms with Crippen molar-refractivity contribution in [3.63, 3.8) is 0 Å². The molecule has 0 aliphatic carbocycles. The van der Waals surface area contributed by atoms with Gasteiger partial charge in [-0.2, -0.15) is 5.10 Å². The van der Waals surface area contributed by atoms with Crippen molar-refractivity contribution in [1.82, 2.24) is 9.78 Å². The smallest absolute Gasteiger partial charge is 0.212 e. The minimum atomic E-state index is -0.0249. The molecule has 0 fully saturated rings. The van der Waals surface area contributed by atoms with Crippen molar-refractivity contribution in [2.75, 3.05) is 0 Å². The first-order chi connectivity index (χ1) is 11.3. The number of para-hydroxylation sites is 1. The van der Waals surface area contributed by atoms with Gasteiger partial charge in [0.1, 0.15) is 5.69 Å². The Morgan fingerprint density at radius 2 is 1.35 bits per heavy atom. The van der Waals surface area contributed by atoms with Crippen LogP contribution in [0.15, 0.2) is 84.9 Å². The fourth-order valence-electron chi connectivity index (χ4n) is 2.73. The zero-order valence-corrected chi connectivity index (χ0v) is 12.4. The second-order valence-electron chi connectivity index (χ2n) is 5.31. The standard InChI is InChI=1S/C20H14N2O/c23-20(15-9-3-1-4-10-15)19-17-13-7-8-14-18(17)21-22(19)16-11-5-2-6-12-16/h1-14H. The second kappa shape index (κ2) is 5.54. The number of fused-ring (bicyclic) bond motifs is 1. The molecule has 0 spiro atoms. The predicted octanol–water partition coefficient (Wildman–Crippen LogP) is 4.26. The molecule has 0 N–H and O–H groups in total. The lowest BCUT2D eigenvalue weighted by Crippen LogP contribution is -2.10. The molecule has 0 saturated heterocycles. The summed E-state index contributed by atoms with van der Waals surface area (Å²) in [7, 11) is 0. The van der Waals surface area contributed by atoms with E-state index in [2.05, 4.69) is 5.10 Å². The molecular formula is C20H14N2O. The number of hydrogen-bond acceptors (Lipinski definition) is 2. The normalized spacial score (nSPS) is 10.8. The highest BCUT2D eigenvalue weighted by atomic mass is 16.1. The lowest BCUT2D eigenvalue weighted by Gasteiger charge is -2.07. The highest BCUT2D eigenvalue weighted by Crippen LogP contribution is 2.24. The van der Waals surface area contributed by atoms with Gasteiger partial charge in [-0.05, 0) is 18.2 Å². The van der Waals surface area contributed by atoms with Crippen molar-refractivity contribution in [2.24, 2.45) is 0 Å². The number of hydrogen-bond donors (Lipinski definition) is 0. The Morgan fingerprint density at radius 1 is 0.739 bits per heavy atom. The third-order valence-corrected chi connectivity index (χ3v) is 3.83. The van der Waals surface area contributed by atoms with Crippen molar-refractivity contribution in [2.45, 2.75) is 0 Å². The van der Waals surface area contributed by atoms with E-state index < -0.39 is 0 Å². The minimum Gasteiger partial charge on any atom is -0.287 e. The maximum atomic E-state index is 13.1. The Kier molecular flexibility index (Phi) is 3.24. The molecule has 1 heterocycles. The first-order valence-electron chi connectivity index (χ1n) is 7.47. The average molecular weight is 298 g/mol. The molecule has 4 aromatic rings. The van der Waals surface area contributed by atoms with E-state index in [1.165, 1.54) is 0 Å². The summed E-state index contributed by atoms with van der Waals surface area (Å²) in [6.45, 7) is 0. The molecule has 23 heavy (non-hydrogen) atoms. The average Bonchev–Trinajstić information content (AvgIpc) is 3.02. The summed E-state index contributed by atoms with van der Waals surface area (Å²) in [6.07, 6.45) is 0. The minimum absolute atomic E-state index is 0.0249. The lowest BCUT2D eigenvalue weighted by molar-refractivity contribution is 0.103. The van der Waals surface area contributed by atoms with E-state index in [1.807, 2.05) is 84.9 Å². The zero-order valence-electron chi connectivity index (χ0n) is 12.4. The molecule has 0 aliphatic rings. The van der Waals surface area contributed by atoms with Crippen molar-refractivity contribution >= 4 is 16.7 Å². The Balaban J connectivity index is 1.99. The third kappa shape index (κ3) is 2.32. The number of carbonyl (C=O) groups is 1. The fourth-order valence-corrected chi connectivity index (χ4v) is 2.73. The summed E-state index contributed by atoms with van der Waals surface area (Å²) < 4.78 is 1.74. The summed E-state index contributed by atoms with van der Waals surface area (Å²) in [5.41, 5.74) is 2.95. The topological polar surface area (TPSA) is 34.9 Å². The molecule has 4 rings (SSSR count). The number of rotatable bonds is 3. The number of carbonyl (C=O) groups excluding carboxylic acids is 1. The van der Waals surface area contributed by atoms with E-state index in [1.54, 1.807) is 4.68 Å². The van der Waals surface area contributed by atoms with Crippen LogP contribution >= 0.6 is 0 Å². The predicted molar refractivity (Wildman–Crippen MR) is 90.9 cm³/mol. The van der Waals surface area contributed by atoms with E-state index in [4.69, 9.17) is 0 Å². The number of ketones is 1. The molecule has 0 saturated carbocycles. The molecule has 3 aromatic carbocycles. The maximum absolute atomic E-state index is 13.1. The van der Waals surface area contributed by atoms with Gasteiger partial charge in [-0.1, -0.05) is 66.7 Å². The molecule has 3 heteroatoms. The second-order valence-corrected chi connectivity index (χ2v) is 5.31. The number of nitrogens with zero attached hydrogens (tertiary/aromatic N) is 2. The van der Waals surface area contributed by atoms with Gasteiger partial charge >= 0.3 is 0 Å². The van der Waals surface area contributed by atoms with Gasteiger partial charge in [-0.3, -0.25) is 4.79 Å². The van der Waals surface area contributed by atoms with Gasteiger partial charge in [0.05, 0.1) is 11.2 Å². The van der Waals surface area contributed by atoms with E-state index in [9.17, 15) is 4.79 Å². The van der Waals surface area contributed by atoms with Crippen molar-refractivity contribution < 1.29 is 4.79 Å². The third-order valence-electron chi connectivity index (χ3n) is 3.83. The van der Waals surface area contributed by atoms with Crippen LogP contribution in [0, 0.1) is 0 Å². The largest absolute Gasteiger partial charge is 0.287 e. The van der Waals surface area contributed by atoms with Crippen LogP contribution in [0.25, 0.3) is 16.6 Å². The zero-order chi connectivity index (χ0) is 15.6. The molecule has 0 aliphatic heterocycles. The molecule has 3 nitrogen and oxygen atoms in total. The van der Waals surface area contributed by atoms with Gasteiger partial charge in [0.2, 0.25) is 5.78 Å². The van der Waals surface area contributed by atoms with Crippen LogP contribution in [0.4, 0.5) is 0 Å². The molecule has 0 unspecified atom stereocenters. The first-order valence-corrected chi connectivity index (χ1v) is 7.47. The number of aromatic nitrogens is 2. The van der Waals surface area contributed by atoms with Gasteiger partial charge in [0.15, 0.2) is 0 Å². The van der Waals surface area contributed by atoms with Crippen LogP contribution in [0.3, 0.4) is 0 Å². The van der Waals surface area contributed by atoms with Crippen LogP contribution in [-0.2, 0) is 0 Å². The quantitative estimate of drug-likeness (QED) is 0.530. The monoisotopic (exact) mass is 298 g/mol. The van der Waals surface area contributed by atoms with E-state index >= 15 is 0 Å².